The highest BCUT2D eigenvalue weighted by molar-refractivity contribution is 7.91. The Bertz CT molecular complexity index is 449. The number of urea groups is 1. The lowest BCUT2D eigenvalue weighted by molar-refractivity contribution is -0.148. The van der Waals surface area contributed by atoms with Gasteiger partial charge < -0.3 is 20.1 Å². The predicted molar refractivity (Wildman–Crippen MR) is 66.7 cm³/mol. The molecule has 0 spiro atoms. The van der Waals surface area contributed by atoms with Crippen molar-refractivity contribution >= 4 is 21.8 Å². The van der Waals surface area contributed by atoms with E-state index in [0.717, 1.165) is 0 Å². The molecule has 110 valence electrons. The van der Waals surface area contributed by atoms with Crippen LogP contribution in [0.4, 0.5) is 4.79 Å². The second-order valence-electron chi connectivity index (χ2n) is 4.41. The molecule has 2 N–H and O–H groups in total. The molecule has 9 heteroatoms. The zero-order chi connectivity index (χ0) is 14.6. The van der Waals surface area contributed by atoms with Crippen molar-refractivity contribution < 1.29 is 27.9 Å². The zero-order valence-electron chi connectivity index (χ0n) is 10.8. The quantitative estimate of drug-likeness (QED) is 0.681. The lowest BCUT2D eigenvalue weighted by Gasteiger charge is -2.33. The maximum Gasteiger partial charge on any atom is 0.334 e. The van der Waals surface area contributed by atoms with Crippen molar-refractivity contribution in [3.8, 4) is 0 Å². The van der Waals surface area contributed by atoms with Crippen molar-refractivity contribution in [2.75, 3.05) is 31.7 Å². The van der Waals surface area contributed by atoms with Crippen molar-refractivity contribution in [3.63, 3.8) is 0 Å². The van der Waals surface area contributed by atoms with E-state index in [1.54, 1.807) is 6.92 Å². The number of methoxy groups -OCH3 is 1. The molecule has 1 saturated heterocycles. The summed E-state index contributed by atoms with van der Waals surface area (Å²) >= 11 is 0. The molecule has 1 fully saturated rings. The van der Waals surface area contributed by atoms with E-state index in [4.69, 9.17) is 5.11 Å². The van der Waals surface area contributed by atoms with Gasteiger partial charge in [0, 0.05) is 19.7 Å². The Kier molecular flexibility index (Phi) is 5.12. The minimum Gasteiger partial charge on any atom is -0.479 e. The van der Waals surface area contributed by atoms with E-state index in [0.29, 0.717) is 0 Å². The van der Waals surface area contributed by atoms with E-state index >= 15 is 0 Å². The van der Waals surface area contributed by atoms with Gasteiger partial charge in [-0.3, -0.25) is 0 Å². The molecule has 1 heterocycles. The number of rotatable bonds is 4. The first-order valence-corrected chi connectivity index (χ1v) is 7.59. The summed E-state index contributed by atoms with van der Waals surface area (Å²) in [6, 6.07) is -0.907. The third-order valence-corrected chi connectivity index (χ3v) is 4.72. The summed E-state index contributed by atoms with van der Waals surface area (Å²) in [6.07, 6.45) is -1.12. The molecular formula is C10H18N2O6S. The summed E-state index contributed by atoms with van der Waals surface area (Å²) in [6.45, 7) is 1.59. The van der Waals surface area contributed by atoms with E-state index in [-0.39, 0.29) is 24.6 Å². The molecular weight excluding hydrogens is 276 g/mol. The highest BCUT2D eigenvalue weighted by Gasteiger charge is 2.31. The Hall–Kier alpha value is -1.35. The number of carboxylic acid groups (broad SMARTS) is 1. The van der Waals surface area contributed by atoms with Gasteiger partial charge in [0.15, 0.2) is 15.9 Å². The first-order chi connectivity index (χ1) is 8.76. The van der Waals surface area contributed by atoms with E-state index in [1.165, 1.54) is 12.0 Å². The summed E-state index contributed by atoms with van der Waals surface area (Å²) in [5.41, 5.74) is 0. The Morgan fingerprint density at radius 1 is 1.53 bits per heavy atom. The Labute approximate surface area is 111 Å². The molecule has 0 aromatic heterocycles. The van der Waals surface area contributed by atoms with Gasteiger partial charge in [-0.2, -0.15) is 0 Å². The number of sulfone groups is 1. The average Bonchev–Trinajstić information content (AvgIpc) is 2.27. The normalized spacial score (nSPS) is 23.7. The molecule has 19 heavy (non-hydrogen) atoms. The lowest BCUT2D eigenvalue weighted by Crippen LogP contribution is -2.54. The molecule has 0 radical (unpaired) electrons. The number of ether oxygens (including phenoxy) is 1. The van der Waals surface area contributed by atoms with E-state index in [2.05, 4.69) is 10.1 Å². The fraction of sp³-hybridized carbons (Fsp3) is 0.800. The molecule has 0 aliphatic carbocycles. The maximum absolute atomic E-state index is 11.8. The first-order valence-electron chi connectivity index (χ1n) is 5.77. The van der Waals surface area contributed by atoms with Gasteiger partial charge in [0.1, 0.15) is 0 Å². The molecule has 2 unspecified atom stereocenters. The molecule has 2 atom stereocenters. The summed E-state index contributed by atoms with van der Waals surface area (Å²) in [5.74, 6) is -1.32. The summed E-state index contributed by atoms with van der Waals surface area (Å²) in [7, 11) is -1.85. The van der Waals surface area contributed by atoms with Crippen LogP contribution >= 0.6 is 0 Å². The van der Waals surface area contributed by atoms with Crippen LogP contribution in [-0.4, -0.2) is 74.3 Å². The first kappa shape index (κ1) is 15.7. The third kappa shape index (κ3) is 4.35. The fourth-order valence-corrected chi connectivity index (χ4v) is 3.41. The van der Waals surface area contributed by atoms with Crippen LogP contribution in [0, 0.1) is 0 Å². The summed E-state index contributed by atoms with van der Waals surface area (Å²) in [5, 5.41) is 11.2. The average molecular weight is 294 g/mol. The van der Waals surface area contributed by atoms with Gasteiger partial charge in [-0.25, -0.2) is 18.0 Å². The predicted octanol–water partition coefficient (Wildman–Crippen LogP) is -1.09. The number of hydrogen-bond donors (Lipinski definition) is 2. The SMILES string of the molecule is COC(CNC(=O)N1CCS(=O)(=O)CC1C)C(=O)O. The Morgan fingerprint density at radius 3 is 2.63 bits per heavy atom. The molecule has 0 bridgehead atoms. The number of aliphatic carboxylic acids is 1. The smallest absolute Gasteiger partial charge is 0.334 e. The van der Waals surface area contributed by atoms with Crippen LogP contribution in [0.1, 0.15) is 6.92 Å². The summed E-state index contributed by atoms with van der Waals surface area (Å²) in [4.78, 5) is 23.9. The minimum atomic E-state index is -3.09. The van der Waals surface area contributed by atoms with Crippen molar-refractivity contribution in [1.29, 1.82) is 0 Å². The molecule has 2 amide bonds. The molecule has 0 aromatic carbocycles. The van der Waals surface area contributed by atoms with E-state index in [1.807, 2.05) is 0 Å². The van der Waals surface area contributed by atoms with Gasteiger partial charge in [0.05, 0.1) is 18.1 Å². The Balaban J connectivity index is 2.53. The largest absolute Gasteiger partial charge is 0.479 e. The van der Waals surface area contributed by atoms with Crippen LogP contribution in [-0.2, 0) is 19.4 Å². The van der Waals surface area contributed by atoms with E-state index in [9.17, 15) is 18.0 Å². The maximum atomic E-state index is 11.8. The number of nitrogens with one attached hydrogen (secondary N) is 1. The van der Waals surface area contributed by atoms with Crippen LogP contribution in [0.5, 0.6) is 0 Å². The molecule has 0 aromatic rings. The number of carbonyl (C=O) groups excluding carboxylic acids is 1. The van der Waals surface area contributed by atoms with Gasteiger partial charge >= 0.3 is 12.0 Å². The fourth-order valence-electron chi connectivity index (χ4n) is 1.85. The highest BCUT2D eigenvalue weighted by Crippen LogP contribution is 2.11. The van der Waals surface area contributed by atoms with Crippen molar-refractivity contribution in [2.45, 2.75) is 19.1 Å². The molecule has 8 nitrogen and oxygen atoms in total. The highest BCUT2D eigenvalue weighted by atomic mass is 32.2. The van der Waals surface area contributed by atoms with Crippen LogP contribution < -0.4 is 5.32 Å². The van der Waals surface area contributed by atoms with Gasteiger partial charge in [-0.15, -0.1) is 0 Å². The molecule has 1 aliphatic heterocycles. The second-order valence-corrected chi connectivity index (χ2v) is 6.63. The second kappa shape index (κ2) is 6.20. The van der Waals surface area contributed by atoms with Crippen molar-refractivity contribution in [1.82, 2.24) is 10.2 Å². The topological polar surface area (TPSA) is 113 Å². The van der Waals surface area contributed by atoms with Gasteiger partial charge in [0.2, 0.25) is 0 Å². The Morgan fingerprint density at radius 2 is 2.16 bits per heavy atom. The lowest BCUT2D eigenvalue weighted by atomic mass is 10.3. The van der Waals surface area contributed by atoms with E-state index < -0.39 is 34.0 Å². The molecule has 1 aliphatic rings. The molecule has 1 rings (SSSR count). The number of amides is 2. The number of carbonyl (C=O) groups is 2. The zero-order valence-corrected chi connectivity index (χ0v) is 11.6. The summed E-state index contributed by atoms with van der Waals surface area (Å²) < 4.78 is 27.4. The minimum absolute atomic E-state index is 0.0720. The van der Waals surface area contributed by atoms with Gasteiger partial charge in [-0.05, 0) is 6.92 Å². The van der Waals surface area contributed by atoms with Gasteiger partial charge in [-0.1, -0.05) is 0 Å². The monoisotopic (exact) mass is 294 g/mol. The molecule has 0 saturated carbocycles. The van der Waals surface area contributed by atoms with Crippen molar-refractivity contribution in [3.05, 3.63) is 0 Å². The van der Waals surface area contributed by atoms with Gasteiger partial charge in [0.25, 0.3) is 0 Å². The third-order valence-electron chi connectivity index (χ3n) is 2.93. The number of nitrogens with zero attached hydrogens (tertiary/aromatic N) is 1. The van der Waals surface area contributed by atoms with Crippen molar-refractivity contribution in [2.24, 2.45) is 0 Å². The van der Waals surface area contributed by atoms with Crippen LogP contribution in [0.3, 0.4) is 0 Å². The van der Waals surface area contributed by atoms with Crippen LogP contribution in [0.2, 0.25) is 0 Å². The standard InChI is InChI=1S/C10H18N2O6S/c1-7-6-19(16,17)4-3-12(7)10(15)11-5-8(18-2)9(13)14/h7-8H,3-6H2,1-2H3,(H,11,15)(H,13,14). The van der Waals surface area contributed by atoms with Crippen LogP contribution in [0.15, 0.2) is 0 Å². The van der Waals surface area contributed by atoms with Crippen LogP contribution in [0.25, 0.3) is 0 Å². The number of hydrogen-bond acceptors (Lipinski definition) is 5. The number of carboxylic acids is 1.